The number of para-hydroxylation sites is 6. The Morgan fingerprint density at radius 1 is 0.227 bits per heavy atom. The number of nitriles is 2. The minimum atomic E-state index is 0.218. The maximum absolute atomic E-state index is 12.7. The molecule has 0 amide bonds. The highest BCUT2D eigenvalue weighted by Gasteiger charge is 2.36. The number of rotatable bonds is 6. The van der Waals surface area contributed by atoms with E-state index in [1.807, 2.05) is 24.3 Å². The topological polar surface area (TPSA) is 93.6 Å². The van der Waals surface area contributed by atoms with Gasteiger partial charge in [0.25, 0.3) is 0 Å². The maximum Gasteiger partial charge on any atom is 0.136 e. The van der Waals surface area contributed by atoms with Gasteiger partial charge in [-0.05, 0) is 107 Å². The Morgan fingerprint density at radius 3 is 0.955 bits per heavy atom. The monoisotopic (exact) mass is 1120 g/mol. The van der Waals surface area contributed by atoms with Crippen LogP contribution in [0.5, 0.6) is 0 Å². The van der Waals surface area contributed by atoms with Crippen LogP contribution >= 0.6 is 0 Å². The van der Waals surface area contributed by atoms with Crippen molar-refractivity contribution in [2.75, 3.05) is 0 Å². The lowest BCUT2D eigenvalue weighted by molar-refractivity contribution is 0.669. The molecule has 8 heteroatoms. The minimum Gasteiger partial charge on any atom is -0.456 e. The highest BCUT2D eigenvalue weighted by Crippen LogP contribution is 2.52. The summed E-state index contributed by atoms with van der Waals surface area (Å²) in [6, 6.07) is 99.1. The van der Waals surface area contributed by atoms with E-state index in [1.165, 1.54) is 0 Å². The molecule has 6 aromatic heterocycles. The number of fused-ring (bicyclic) bond motifs is 20. The van der Waals surface area contributed by atoms with E-state index in [4.69, 9.17) is 8.83 Å². The normalized spacial score (nSPS) is 12.1. The lowest BCUT2D eigenvalue weighted by Crippen LogP contribution is -2.17. The quantitative estimate of drug-likeness (QED) is 0.166. The molecule has 0 aliphatic carbocycles. The molecular weight excluding hydrogens is 1080 g/mol. The van der Waals surface area contributed by atoms with Gasteiger partial charge in [0.05, 0.1) is 78.0 Å². The van der Waals surface area contributed by atoms with Gasteiger partial charge in [-0.25, -0.2) is 0 Å². The minimum absolute atomic E-state index is 0.218. The summed E-state index contributed by atoms with van der Waals surface area (Å²) in [7, 11) is 0. The second-order valence-corrected chi connectivity index (χ2v) is 22.8. The number of hydrogen-bond donors (Lipinski definition) is 0. The Bertz CT molecular complexity index is 5940. The van der Waals surface area contributed by atoms with Crippen molar-refractivity contribution < 1.29 is 8.83 Å². The van der Waals surface area contributed by atoms with Crippen LogP contribution in [-0.2, 0) is 0 Å². The van der Waals surface area contributed by atoms with E-state index in [0.717, 1.165) is 153 Å². The van der Waals surface area contributed by atoms with Crippen molar-refractivity contribution in [2.45, 2.75) is 0 Å². The highest BCUT2D eigenvalue weighted by atomic mass is 16.3. The molecule has 8 nitrogen and oxygen atoms in total. The van der Waals surface area contributed by atoms with Crippen LogP contribution in [0.3, 0.4) is 0 Å². The second kappa shape index (κ2) is 18.1. The molecule has 0 radical (unpaired) electrons. The summed E-state index contributed by atoms with van der Waals surface area (Å²) in [6.07, 6.45) is 0. The molecule has 0 saturated heterocycles. The molecule has 6 heterocycles. The van der Waals surface area contributed by atoms with Gasteiger partial charge in [0.1, 0.15) is 34.5 Å². The van der Waals surface area contributed by atoms with Crippen LogP contribution in [-0.4, -0.2) is 18.3 Å². The number of aromatic nitrogens is 4. The summed E-state index contributed by atoms with van der Waals surface area (Å²) >= 11 is 0. The molecule has 0 aliphatic heterocycles. The van der Waals surface area contributed by atoms with Gasteiger partial charge in [-0.2, -0.15) is 10.5 Å². The first-order valence-corrected chi connectivity index (χ1v) is 29.5. The van der Waals surface area contributed by atoms with Crippen LogP contribution in [0.1, 0.15) is 11.1 Å². The van der Waals surface area contributed by atoms with Gasteiger partial charge in [0.2, 0.25) is 0 Å². The van der Waals surface area contributed by atoms with E-state index in [1.54, 1.807) is 0 Å². The molecule has 19 aromatic rings. The molecule has 19 rings (SSSR count). The molecule has 406 valence electrons. The van der Waals surface area contributed by atoms with Crippen molar-refractivity contribution in [2.24, 2.45) is 0 Å². The third-order valence-electron chi connectivity index (χ3n) is 18.4. The fourth-order valence-corrected chi connectivity index (χ4v) is 14.9. The summed E-state index contributed by atoms with van der Waals surface area (Å²) in [5.41, 5.74) is 17.5. The van der Waals surface area contributed by atoms with Gasteiger partial charge in [0, 0.05) is 64.6 Å². The second-order valence-electron chi connectivity index (χ2n) is 22.8. The van der Waals surface area contributed by atoms with Crippen molar-refractivity contribution >= 4 is 131 Å². The number of nitrogens with zero attached hydrogens (tertiary/aromatic N) is 6. The number of hydrogen-bond acceptors (Lipinski definition) is 4. The Hall–Kier alpha value is -12.4. The van der Waals surface area contributed by atoms with Crippen molar-refractivity contribution in [3.63, 3.8) is 0 Å². The predicted octanol–water partition coefficient (Wildman–Crippen LogP) is 21.0. The van der Waals surface area contributed by atoms with Gasteiger partial charge in [0.15, 0.2) is 0 Å². The summed E-state index contributed by atoms with van der Waals surface area (Å²) in [5.74, 6) is 0. The fourth-order valence-electron chi connectivity index (χ4n) is 14.9. The molecule has 0 bridgehead atoms. The third kappa shape index (κ3) is 6.44. The molecule has 0 N–H and O–H groups in total. The first kappa shape index (κ1) is 48.1. The van der Waals surface area contributed by atoms with Crippen LogP contribution in [0.25, 0.3) is 176 Å². The third-order valence-corrected chi connectivity index (χ3v) is 18.4. The number of benzene rings is 13. The van der Waals surface area contributed by atoms with E-state index < -0.39 is 0 Å². The van der Waals surface area contributed by atoms with E-state index >= 15 is 0 Å². The van der Waals surface area contributed by atoms with Crippen LogP contribution in [0.2, 0.25) is 0 Å². The summed E-state index contributed by atoms with van der Waals surface area (Å²) in [4.78, 5) is 0. The van der Waals surface area contributed by atoms with Crippen LogP contribution in [0, 0.1) is 22.7 Å². The first-order chi connectivity index (χ1) is 43.6. The lowest BCUT2D eigenvalue weighted by Gasteiger charge is -2.27. The van der Waals surface area contributed by atoms with Gasteiger partial charge in [-0.15, -0.1) is 0 Å². The zero-order valence-corrected chi connectivity index (χ0v) is 46.9. The molecule has 13 aromatic carbocycles. The summed E-state index contributed by atoms with van der Waals surface area (Å²) in [6.45, 7) is 0. The van der Waals surface area contributed by atoms with E-state index in [0.29, 0.717) is 22.7 Å². The predicted molar refractivity (Wildman–Crippen MR) is 359 cm³/mol. The average molecular weight is 1120 g/mol. The standard InChI is InChI=1S/C80H44N6O2/c81-45-59-60(46-82)78(86-64-32-16-10-26-54(64)74-68(86)40-42-72-76(74)56-28-12-18-34-70(56)88-72)80(84-62-30-14-8-24-52(62)58-44-50(36-38-66(58)84)48-21-5-2-6-22-48)79(83-61-29-13-7-23-51(61)57-43-49(35-37-65(57)83)47-19-3-1-4-20-47)77(59)85-63-31-15-9-25-53(63)73-67(85)39-41-71-75(73)55-27-11-17-33-69(55)87-71/h1-44H. The Balaban J connectivity index is 1.10. The Labute approximate surface area is 501 Å². The van der Waals surface area contributed by atoms with Crippen LogP contribution < -0.4 is 0 Å². The molecule has 0 aliphatic rings. The van der Waals surface area contributed by atoms with E-state index in [9.17, 15) is 10.5 Å². The average Bonchev–Trinajstić information content (AvgIpc) is 1.50. The summed E-state index contributed by atoms with van der Waals surface area (Å²) < 4.78 is 22.6. The Morgan fingerprint density at radius 2 is 0.545 bits per heavy atom. The first-order valence-electron chi connectivity index (χ1n) is 29.5. The molecular formula is C80H44N6O2. The maximum atomic E-state index is 12.7. The van der Waals surface area contributed by atoms with Crippen molar-refractivity contribution in [3.05, 3.63) is 278 Å². The van der Waals surface area contributed by atoms with E-state index in [-0.39, 0.29) is 11.1 Å². The smallest absolute Gasteiger partial charge is 0.136 e. The van der Waals surface area contributed by atoms with Crippen molar-refractivity contribution in [1.29, 1.82) is 10.5 Å². The number of furan rings is 2. The highest BCUT2D eigenvalue weighted by molar-refractivity contribution is 6.29. The molecule has 0 saturated carbocycles. The zero-order chi connectivity index (χ0) is 57.9. The zero-order valence-electron chi connectivity index (χ0n) is 46.9. The van der Waals surface area contributed by atoms with Gasteiger partial charge in [-0.1, -0.05) is 182 Å². The van der Waals surface area contributed by atoms with E-state index in [2.05, 4.69) is 273 Å². The summed E-state index contributed by atoms with van der Waals surface area (Å²) in [5, 5.41) is 37.4. The fraction of sp³-hybridized carbons (Fsp3) is 0. The molecule has 0 spiro atoms. The van der Waals surface area contributed by atoms with Crippen LogP contribution in [0.15, 0.2) is 276 Å². The van der Waals surface area contributed by atoms with Gasteiger partial charge < -0.3 is 27.1 Å². The van der Waals surface area contributed by atoms with Crippen LogP contribution in [0.4, 0.5) is 0 Å². The van der Waals surface area contributed by atoms with Gasteiger partial charge >= 0.3 is 0 Å². The van der Waals surface area contributed by atoms with Crippen molar-refractivity contribution in [1.82, 2.24) is 18.3 Å². The molecule has 0 unspecified atom stereocenters. The largest absolute Gasteiger partial charge is 0.456 e. The lowest BCUT2D eigenvalue weighted by atomic mass is 9.98. The Kier molecular flexibility index (Phi) is 9.87. The van der Waals surface area contributed by atoms with Gasteiger partial charge in [-0.3, -0.25) is 0 Å². The SMILES string of the molecule is N#Cc1c(C#N)c(-n2c3ccccc3c3c4c(ccc32)oc2ccccc24)c(-n2c3ccccc3c3cc(-c4ccccc4)ccc32)c(-n2c3ccccc3c3cc(-c4ccccc4)ccc32)c1-n1c2ccccc2c2c3c(ccc21)oc1ccccc13. The molecule has 0 atom stereocenters. The molecule has 88 heavy (non-hydrogen) atoms. The molecule has 0 fully saturated rings. The van der Waals surface area contributed by atoms with Crippen molar-refractivity contribution in [3.8, 4) is 57.1 Å².